The molecular weight excluding hydrogens is 482 g/mol. The second kappa shape index (κ2) is 7.87. The van der Waals surface area contributed by atoms with Crippen molar-refractivity contribution < 1.29 is 23.2 Å². The standard InChI is InChI=1S/C19H12Cl4O5S/c20-13-8-4-7-11(15(13)21)19(29(26,27)28,10-5-2-1-3-6-10)12-9-14(24)18(25)17(23)16(12)22/h1-9,24-25H,(H,26,27,28). The monoisotopic (exact) mass is 492 g/mol. The Labute approximate surface area is 186 Å². The van der Waals surface area contributed by atoms with Crippen LogP contribution in [0.2, 0.25) is 20.1 Å². The van der Waals surface area contributed by atoms with Gasteiger partial charge in [0.15, 0.2) is 16.2 Å². The van der Waals surface area contributed by atoms with Crippen molar-refractivity contribution in [3.63, 3.8) is 0 Å². The zero-order chi connectivity index (χ0) is 21.6. The van der Waals surface area contributed by atoms with E-state index in [1.54, 1.807) is 18.2 Å². The summed E-state index contributed by atoms with van der Waals surface area (Å²) in [6, 6.07) is 12.7. The van der Waals surface area contributed by atoms with E-state index in [4.69, 9.17) is 46.4 Å². The molecule has 0 amide bonds. The molecule has 1 unspecified atom stereocenters. The minimum absolute atomic E-state index is 0.0262. The Bertz CT molecular complexity index is 1200. The molecule has 0 saturated heterocycles. The Morgan fingerprint density at radius 1 is 0.759 bits per heavy atom. The smallest absolute Gasteiger partial charge is 0.283 e. The van der Waals surface area contributed by atoms with Crippen LogP contribution in [0, 0.1) is 0 Å². The van der Waals surface area contributed by atoms with Crippen LogP contribution < -0.4 is 0 Å². The summed E-state index contributed by atoms with van der Waals surface area (Å²) in [7, 11) is -5.07. The van der Waals surface area contributed by atoms with E-state index in [0.717, 1.165) is 6.07 Å². The first-order valence-electron chi connectivity index (χ1n) is 7.91. The van der Waals surface area contributed by atoms with Crippen LogP contribution in [-0.4, -0.2) is 23.2 Å². The van der Waals surface area contributed by atoms with Gasteiger partial charge in [-0.15, -0.1) is 0 Å². The Kier molecular flexibility index (Phi) is 5.98. The molecular formula is C19H12Cl4O5S. The van der Waals surface area contributed by atoms with Crippen molar-refractivity contribution in [2.75, 3.05) is 0 Å². The molecule has 0 radical (unpaired) electrons. The van der Waals surface area contributed by atoms with E-state index in [9.17, 15) is 23.2 Å². The van der Waals surface area contributed by atoms with Crippen LogP contribution in [0.4, 0.5) is 0 Å². The van der Waals surface area contributed by atoms with Crippen molar-refractivity contribution in [1.29, 1.82) is 0 Å². The highest BCUT2D eigenvalue weighted by atomic mass is 35.5. The summed E-state index contributed by atoms with van der Waals surface area (Å²) < 4.78 is 34.1. The van der Waals surface area contributed by atoms with Gasteiger partial charge in [0.25, 0.3) is 10.1 Å². The third-order valence-electron chi connectivity index (χ3n) is 4.44. The van der Waals surface area contributed by atoms with Gasteiger partial charge in [-0.25, -0.2) is 0 Å². The van der Waals surface area contributed by atoms with Crippen LogP contribution in [0.1, 0.15) is 16.7 Å². The van der Waals surface area contributed by atoms with Crippen LogP contribution in [-0.2, 0) is 14.9 Å². The van der Waals surface area contributed by atoms with Crippen LogP contribution >= 0.6 is 46.4 Å². The van der Waals surface area contributed by atoms with E-state index in [1.807, 2.05) is 0 Å². The molecule has 1 atom stereocenters. The maximum Gasteiger partial charge on any atom is 0.283 e. The van der Waals surface area contributed by atoms with Crippen LogP contribution in [0.25, 0.3) is 0 Å². The Morgan fingerprint density at radius 2 is 1.38 bits per heavy atom. The minimum Gasteiger partial charge on any atom is -0.504 e. The highest BCUT2D eigenvalue weighted by Gasteiger charge is 2.51. The SMILES string of the molecule is O=S(=O)(O)C(c1ccccc1)(c1cccc(Cl)c1Cl)c1cc(O)c(O)c(Cl)c1Cl. The fraction of sp³-hybridized carbons (Fsp3) is 0.0526. The van der Waals surface area contributed by atoms with Gasteiger partial charge >= 0.3 is 0 Å². The fourth-order valence-corrected chi connectivity index (χ4v) is 5.55. The van der Waals surface area contributed by atoms with E-state index in [2.05, 4.69) is 0 Å². The molecule has 152 valence electrons. The molecule has 3 rings (SSSR count). The van der Waals surface area contributed by atoms with Gasteiger partial charge in [-0.3, -0.25) is 4.55 Å². The second-order valence-corrected chi connectivity index (χ2v) is 9.15. The molecule has 0 aliphatic carbocycles. The summed E-state index contributed by atoms with van der Waals surface area (Å²) in [6.45, 7) is 0. The number of benzene rings is 3. The van der Waals surface area contributed by atoms with E-state index in [1.165, 1.54) is 30.3 Å². The van der Waals surface area contributed by atoms with Crippen molar-refractivity contribution >= 4 is 56.5 Å². The van der Waals surface area contributed by atoms with E-state index in [0.29, 0.717) is 0 Å². The van der Waals surface area contributed by atoms with Crippen LogP contribution in [0.5, 0.6) is 11.5 Å². The quantitative estimate of drug-likeness (QED) is 0.239. The molecule has 0 aliphatic rings. The lowest BCUT2D eigenvalue weighted by Crippen LogP contribution is -2.39. The molecule has 5 nitrogen and oxygen atoms in total. The summed E-state index contributed by atoms with van der Waals surface area (Å²) in [5.74, 6) is -1.48. The number of aromatic hydroxyl groups is 2. The summed E-state index contributed by atoms with van der Waals surface area (Å²) in [5, 5.41) is 19.0. The summed E-state index contributed by atoms with van der Waals surface area (Å²) in [5.41, 5.74) is -0.393. The molecule has 0 heterocycles. The molecule has 0 saturated carbocycles. The molecule has 0 spiro atoms. The number of phenolic OH excluding ortho intramolecular Hbond substituents is 2. The predicted molar refractivity (Wildman–Crippen MR) is 114 cm³/mol. The lowest BCUT2D eigenvalue weighted by Gasteiger charge is -2.34. The first-order valence-corrected chi connectivity index (χ1v) is 10.9. The van der Waals surface area contributed by atoms with Gasteiger partial charge in [0, 0.05) is 11.1 Å². The minimum atomic E-state index is -5.07. The molecule has 0 aromatic heterocycles. The Morgan fingerprint density at radius 3 is 1.97 bits per heavy atom. The zero-order valence-electron chi connectivity index (χ0n) is 14.3. The Balaban J connectivity index is 2.65. The molecule has 10 heteroatoms. The van der Waals surface area contributed by atoms with Crippen molar-refractivity contribution in [2.45, 2.75) is 4.75 Å². The highest BCUT2D eigenvalue weighted by Crippen LogP contribution is 2.53. The third kappa shape index (κ3) is 3.44. The molecule has 3 N–H and O–H groups in total. The molecule has 0 fully saturated rings. The summed E-state index contributed by atoms with van der Waals surface area (Å²) >= 11 is 24.8. The molecule has 3 aromatic carbocycles. The molecule has 3 aromatic rings. The summed E-state index contributed by atoms with van der Waals surface area (Å²) in [4.78, 5) is 0. The van der Waals surface area contributed by atoms with Gasteiger partial charge < -0.3 is 10.2 Å². The van der Waals surface area contributed by atoms with Gasteiger partial charge in [0.05, 0.1) is 15.1 Å². The van der Waals surface area contributed by atoms with Gasteiger partial charge in [-0.1, -0.05) is 88.9 Å². The number of hydrogen-bond acceptors (Lipinski definition) is 4. The fourth-order valence-electron chi connectivity index (χ4n) is 3.19. The lowest BCUT2D eigenvalue weighted by atomic mass is 9.83. The van der Waals surface area contributed by atoms with Crippen LogP contribution in [0.3, 0.4) is 0 Å². The van der Waals surface area contributed by atoms with Gasteiger partial charge in [0.1, 0.15) is 5.02 Å². The number of phenols is 2. The predicted octanol–water partition coefficient (Wildman–Crippen LogP) is 5.89. The summed E-state index contributed by atoms with van der Waals surface area (Å²) in [6.07, 6.45) is 0. The number of rotatable bonds is 4. The average molecular weight is 494 g/mol. The van der Waals surface area contributed by atoms with Crippen molar-refractivity contribution in [2.24, 2.45) is 0 Å². The van der Waals surface area contributed by atoms with Crippen molar-refractivity contribution in [1.82, 2.24) is 0 Å². The highest BCUT2D eigenvalue weighted by molar-refractivity contribution is 7.87. The van der Waals surface area contributed by atoms with E-state index >= 15 is 0 Å². The molecule has 0 bridgehead atoms. The Hall–Kier alpha value is -1.67. The van der Waals surface area contributed by atoms with Gasteiger partial charge in [0.2, 0.25) is 0 Å². The largest absolute Gasteiger partial charge is 0.504 e. The first kappa shape index (κ1) is 22.0. The maximum atomic E-state index is 13.0. The topological polar surface area (TPSA) is 94.8 Å². The van der Waals surface area contributed by atoms with Gasteiger partial charge in [-0.2, -0.15) is 8.42 Å². The number of halogens is 4. The molecule has 29 heavy (non-hydrogen) atoms. The lowest BCUT2D eigenvalue weighted by molar-refractivity contribution is 0.402. The number of hydrogen-bond donors (Lipinski definition) is 3. The maximum absolute atomic E-state index is 13.0. The van der Waals surface area contributed by atoms with Crippen molar-refractivity contribution in [3.05, 3.63) is 91.4 Å². The van der Waals surface area contributed by atoms with E-state index in [-0.39, 0.29) is 26.7 Å². The van der Waals surface area contributed by atoms with E-state index < -0.39 is 36.4 Å². The molecule has 0 aliphatic heterocycles. The second-order valence-electron chi connectivity index (χ2n) is 6.04. The first-order chi connectivity index (χ1) is 13.5. The third-order valence-corrected chi connectivity index (χ3v) is 7.56. The normalized spacial score (nSPS) is 13.8. The van der Waals surface area contributed by atoms with Crippen molar-refractivity contribution in [3.8, 4) is 11.5 Å². The van der Waals surface area contributed by atoms with Crippen LogP contribution in [0.15, 0.2) is 54.6 Å². The zero-order valence-corrected chi connectivity index (χ0v) is 18.1. The van der Waals surface area contributed by atoms with Gasteiger partial charge in [-0.05, 0) is 17.7 Å². The average Bonchev–Trinajstić information content (AvgIpc) is 2.67.